The van der Waals surface area contributed by atoms with E-state index in [4.69, 9.17) is 0 Å². The van der Waals surface area contributed by atoms with E-state index in [-0.39, 0.29) is 29.8 Å². The van der Waals surface area contributed by atoms with Gasteiger partial charge in [0.2, 0.25) is 0 Å². The Balaban J connectivity index is 0.00000320. The Labute approximate surface area is 195 Å². The molecular weight excluding hydrogens is 494 g/mol. The third kappa shape index (κ3) is 7.85. The van der Waals surface area contributed by atoms with Gasteiger partial charge in [0.25, 0.3) is 0 Å². The summed E-state index contributed by atoms with van der Waals surface area (Å²) in [5, 5.41) is 16.6. The van der Waals surface area contributed by atoms with Crippen molar-refractivity contribution in [2.45, 2.75) is 39.0 Å². The van der Waals surface area contributed by atoms with Crippen molar-refractivity contribution < 1.29 is 9.50 Å². The highest BCUT2D eigenvalue weighted by molar-refractivity contribution is 14.0. The Bertz CT molecular complexity index is 777. The fourth-order valence-electron chi connectivity index (χ4n) is 3.46. The predicted molar refractivity (Wildman–Crippen MR) is 131 cm³/mol. The molecule has 1 aliphatic heterocycles. The summed E-state index contributed by atoms with van der Waals surface area (Å²) in [6.07, 6.45) is 1.88. The van der Waals surface area contributed by atoms with Gasteiger partial charge in [0, 0.05) is 19.6 Å². The second-order valence-electron chi connectivity index (χ2n) is 7.44. The van der Waals surface area contributed by atoms with Crippen molar-refractivity contribution in [1.82, 2.24) is 15.5 Å². The fourth-order valence-corrected chi connectivity index (χ4v) is 3.46. The van der Waals surface area contributed by atoms with Gasteiger partial charge < -0.3 is 15.7 Å². The van der Waals surface area contributed by atoms with Crippen LogP contribution in [0.15, 0.2) is 53.5 Å². The Kier molecular flexibility index (Phi) is 10.5. The molecule has 3 rings (SSSR count). The molecule has 0 saturated carbocycles. The molecule has 2 aromatic carbocycles. The van der Waals surface area contributed by atoms with Crippen LogP contribution in [-0.2, 0) is 13.1 Å². The van der Waals surface area contributed by atoms with Crippen LogP contribution >= 0.6 is 24.0 Å². The van der Waals surface area contributed by atoms with Gasteiger partial charge in [0.1, 0.15) is 5.82 Å². The molecule has 0 aliphatic carbocycles. The molecule has 5 nitrogen and oxygen atoms in total. The smallest absolute Gasteiger partial charge is 0.191 e. The Morgan fingerprint density at radius 1 is 1.03 bits per heavy atom. The number of hydrogen-bond donors (Lipinski definition) is 3. The molecule has 0 amide bonds. The molecule has 3 N–H and O–H groups in total. The van der Waals surface area contributed by atoms with E-state index in [1.165, 1.54) is 43.6 Å². The number of nitrogens with one attached hydrogen (secondary N) is 2. The van der Waals surface area contributed by atoms with Gasteiger partial charge >= 0.3 is 0 Å². The summed E-state index contributed by atoms with van der Waals surface area (Å²) in [4.78, 5) is 7.10. The van der Waals surface area contributed by atoms with E-state index in [1.54, 1.807) is 12.1 Å². The maximum atomic E-state index is 13.0. The monoisotopic (exact) mass is 526 g/mol. The summed E-state index contributed by atoms with van der Waals surface area (Å²) in [7, 11) is 0. The highest BCUT2D eigenvalue weighted by Crippen LogP contribution is 2.14. The zero-order chi connectivity index (χ0) is 20.5. The molecule has 1 heterocycles. The lowest BCUT2D eigenvalue weighted by Crippen LogP contribution is -2.39. The van der Waals surface area contributed by atoms with Crippen molar-refractivity contribution in [1.29, 1.82) is 0 Å². The summed E-state index contributed by atoms with van der Waals surface area (Å²) in [5.41, 5.74) is 3.15. The van der Waals surface area contributed by atoms with Crippen molar-refractivity contribution in [3.8, 4) is 0 Å². The molecule has 0 spiro atoms. The first-order valence-corrected chi connectivity index (χ1v) is 10.4. The quantitative estimate of drug-likeness (QED) is 0.278. The van der Waals surface area contributed by atoms with E-state index in [0.717, 1.165) is 18.7 Å². The van der Waals surface area contributed by atoms with Crippen LogP contribution in [0.2, 0.25) is 0 Å². The molecule has 0 radical (unpaired) electrons. The normalized spacial score (nSPS) is 15.5. The molecule has 7 heteroatoms. The minimum atomic E-state index is -0.732. The first kappa shape index (κ1) is 24.6. The fraction of sp³-hybridized carbons (Fsp3) is 0.435. The standard InChI is InChI=1S/C23H31FN4O.HI/c1-2-25-23(27-16-22(29)20-9-11-21(24)12-10-20)26-15-18-5-7-19(8-6-18)17-28-13-3-4-14-28;/h5-12,22,29H,2-4,13-17H2,1H3,(H2,25,26,27);1H. The molecule has 2 aromatic rings. The van der Waals surface area contributed by atoms with Gasteiger partial charge in [0.15, 0.2) is 5.96 Å². The lowest BCUT2D eigenvalue weighted by molar-refractivity contribution is 0.180. The third-order valence-electron chi connectivity index (χ3n) is 5.11. The maximum Gasteiger partial charge on any atom is 0.191 e. The van der Waals surface area contributed by atoms with Crippen LogP contribution in [0.4, 0.5) is 4.39 Å². The topological polar surface area (TPSA) is 59.9 Å². The molecule has 30 heavy (non-hydrogen) atoms. The van der Waals surface area contributed by atoms with E-state index < -0.39 is 6.10 Å². The average molecular weight is 526 g/mol. The molecule has 0 bridgehead atoms. The number of aliphatic imine (C=N–C) groups is 1. The Morgan fingerprint density at radius 3 is 2.30 bits per heavy atom. The van der Waals surface area contributed by atoms with Crippen molar-refractivity contribution in [3.05, 3.63) is 71.0 Å². The molecule has 1 fully saturated rings. The van der Waals surface area contributed by atoms with E-state index in [9.17, 15) is 9.50 Å². The second-order valence-corrected chi connectivity index (χ2v) is 7.44. The summed E-state index contributed by atoms with van der Waals surface area (Å²) in [5.74, 6) is 0.338. The largest absolute Gasteiger partial charge is 0.387 e. The molecular formula is C23H32FIN4O. The molecule has 1 atom stereocenters. The van der Waals surface area contributed by atoms with Gasteiger partial charge in [-0.1, -0.05) is 36.4 Å². The highest BCUT2D eigenvalue weighted by Gasteiger charge is 2.11. The maximum absolute atomic E-state index is 13.0. The van der Waals surface area contributed by atoms with Gasteiger partial charge in [-0.15, -0.1) is 24.0 Å². The zero-order valence-electron chi connectivity index (χ0n) is 17.5. The minimum absolute atomic E-state index is 0. The molecule has 0 aromatic heterocycles. The average Bonchev–Trinajstić information content (AvgIpc) is 3.24. The lowest BCUT2D eigenvalue weighted by Gasteiger charge is -2.16. The lowest BCUT2D eigenvalue weighted by atomic mass is 10.1. The summed E-state index contributed by atoms with van der Waals surface area (Å²) in [6, 6.07) is 14.5. The van der Waals surface area contributed by atoms with Gasteiger partial charge in [0.05, 0.1) is 12.6 Å². The van der Waals surface area contributed by atoms with Crippen LogP contribution in [0.1, 0.15) is 42.6 Å². The van der Waals surface area contributed by atoms with Crippen molar-refractivity contribution in [2.75, 3.05) is 26.2 Å². The molecule has 164 valence electrons. The van der Waals surface area contributed by atoms with Crippen LogP contribution in [0, 0.1) is 5.82 Å². The van der Waals surface area contributed by atoms with Crippen LogP contribution in [-0.4, -0.2) is 42.1 Å². The van der Waals surface area contributed by atoms with E-state index >= 15 is 0 Å². The van der Waals surface area contributed by atoms with Gasteiger partial charge in [-0.05, 0) is 61.7 Å². The minimum Gasteiger partial charge on any atom is -0.387 e. The zero-order valence-corrected chi connectivity index (χ0v) is 19.8. The highest BCUT2D eigenvalue weighted by atomic mass is 127. The number of rotatable bonds is 8. The molecule has 1 unspecified atom stereocenters. The number of halogens is 2. The van der Waals surface area contributed by atoms with Gasteiger partial charge in [-0.3, -0.25) is 4.90 Å². The number of nitrogens with zero attached hydrogens (tertiary/aromatic N) is 2. The first-order valence-electron chi connectivity index (χ1n) is 10.4. The number of benzene rings is 2. The van der Waals surface area contributed by atoms with Crippen molar-refractivity contribution in [3.63, 3.8) is 0 Å². The van der Waals surface area contributed by atoms with Crippen molar-refractivity contribution in [2.24, 2.45) is 4.99 Å². The number of aliphatic hydroxyl groups excluding tert-OH is 1. The van der Waals surface area contributed by atoms with E-state index in [0.29, 0.717) is 24.6 Å². The second kappa shape index (κ2) is 12.9. The van der Waals surface area contributed by atoms with E-state index in [2.05, 4.69) is 44.8 Å². The van der Waals surface area contributed by atoms with Crippen LogP contribution in [0.5, 0.6) is 0 Å². The number of guanidine groups is 1. The summed E-state index contributed by atoms with van der Waals surface area (Å²) in [6.45, 7) is 7.02. The first-order chi connectivity index (χ1) is 14.1. The molecule has 1 saturated heterocycles. The van der Waals surface area contributed by atoms with Crippen LogP contribution < -0.4 is 10.6 Å². The molecule has 1 aliphatic rings. The summed E-state index contributed by atoms with van der Waals surface area (Å²) >= 11 is 0. The SMILES string of the molecule is CCNC(=NCc1ccc(CN2CCCC2)cc1)NCC(O)c1ccc(F)cc1.I. The van der Waals surface area contributed by atoms with Gasteiger partial charge in [-0.2, -0.15) is 0 Å². The number of likely N-dealkylation sites (tertiary alicyclic amines) is 1. The predicted octanol–water partition coefficient (Wildman–Crippen LogP) is 3.83. The summed E-state index contributed by atoms with van der Waals surface area (Å²) < 4.78 is 13.0. The Hall–Kier alpha value is -1.71. The van der Waals surface area contributed by atoms with Crippen LogP contribution in [0.25, 0.3) is 0 Å². The van der Waals surface area contributed by atoms with Crippen molar-refractivity contribution >= 4 is 29.9 Å². The van der Waals surface area contributed by atoms with E-state index in [1.807, 2.05) is 6.92 Å². The third-order valence-corrected chi connectivity index (χ3v) is 5.11. The van der Waals surface area contributed by atoms with Crippen LogP contribution in [0.3, 0.4) is 0 Å². The van der Waals surface area contributed by atoms with Gasteiger partial charge in [-0.25, -0.2) is 9.38 Å². The number of aliphatic hydroxyl groups is 1. The Morgan fingerprint density at radius 2 is 1.67 bits per heavy atom. The number of hydrogen-bond acceptors (Lipinski definition) is 3.